The van der Waals surface area contributed by atoms with Crippen LogP contribution >= 0.6 is 0 Å². The van der Waals surface area contributed by atoms with Crippen molar-refractivity contribution in [2.75, 3.05) is 71.0 Å². The molecule has 0 bridgehead atoms. The Morgan fingerprint density at radius 3 is 2.89 bits per heavy atom. The van der Waals surface area contributed by atoms with E-state index in [1.54, 1.807) is 13.2 Å². The predicted molar refractivity (Wildman–Crippen MR) is 107 cm³/mol. The van der Waals surface area contributed by atoms with E-state index in [-0.39, 0.29) is 12.1 Å². The number of piperazine rings is 1. The molecular weight excluding hydrogens is 344 g/mol. The number of carbonyl (C=O) groups is 1. The van der Waals surface area contributed by atoms with Crippen LogP contribution < -0.4 is 15.0 Å². The van der Waals surface area contributed by atoms with E-state index in [4.69, 9.17) is 9.47 Å². The molecule has 7 nitrogen and oxygen atoms in total. The summed E-state index contributed by atoms with van der Waals surface area (Å²) in [4.78, 5) is 18.8. The smallest absolute Gasteiger partial charge is 0.317 e. The van der Waals surface area contributed by atoms with Gasteiger partial charge in [-0.2, -0.15) is 0 Å². The Hall–Kier alpha value is -2.25. The van der Waals surface area contributed by atoms with E-state index in [0.29, 0.717) is 26.2 Å². The molecule has 1 N–H and O–H groups in total. The van der Waals surface area contributed by atoms with Crippen molar-refractivity contribution in [1.29, 1.82) is 0 Å². The van der Waals surface area contributed by atoms with E-state index in [1.807, 2.05) is 17.0 Å². The van der Waals surface area contributed by atoms with Crippen LogP contribution in [0.3, 0.4) is 0 Å². The van der Waals surface area contributed by atoms with Gasteiger partial charge in [-0.15, -0.1) is 6.58 Å². The van der Waals surface area contributed by atoms with E-state index in [9.17, 15) is 4.79 Å². The third-order valence-corrected chi connectivity index (χ3v) is 5.08. The number of morpholine rings is 1. The number of benzene rings is 1. The second kappa shape index (κ2) is 9.62. The molecule has 1 aromatic carbocycles. The highest BCUT2D eigenvalue weighted by atomic mass is 16.5. The number of hydrogen-bond acceptors (Lipinski definition) is 5. The highest BCUT2D eigenvalue weighted by Crippen LogP contribution is 2.22. The molecule has 7 heteroatoms. The van der Waals surface area contributed by atoms with E-state index in [1.165, 1.54) is 5.69 Å². The predicted octanol–water partition coefficient (Wildman–Crippen LogP) is 1.41. The minimum Gasteiger partial charge on any atom is -0.497 e. The Morgan fingerprint density at radius 1 is 1.33 bits per heavy atom. The lowest BCUT2D eigenvalue weighted by Gasteiger charge is -2.40. The molecule has 1 atom stereocenters. The number of methoxy groups -OCH3 is 1. The Bertz CT molecular complexity index is 631. The molecule has 2 aliphatic rings. The van der Waals surface area contributed by atoms with Gasteiger partial charge in [0.05, 0.1) is 19.8 Å². The summed E-state index contributed by atoms with van der Waals surface area (Å²) in [5.74, 6) is 0.889. The average Bonchev–Trinajstić information content (AvgIpc) is 2.73. The molecule has 3 rings (SSSR count). The normalized spacial score (nSPS) is 21.0. The van der Waals surface area contributed by atoms with Crippen LogP contribution in [0, 0.1) is 0 Å². The van der Waals surface area contributed by atoms with Crippen molar-refractivity contribution in [3.8, 4) is 5.75 Å². The van der Waals surface area contributed by atoms with Crippen molar-refractivity contribution in [3.05, 3.63) is 36.9 Å². The first-order valence-electron chi connectivity index (χ1n) is 9.56. The third kappa shape index (κ3) is 5.37. The molecular formula is C20H30N4O3. The van der Waals surface area contributed by atoms with E-state index >= 15 is 0 Å². The number of ether oxygens (including phenoxy) is 2. The number of amides is 2. The second-order valence-corrected chi connectivity index (χ2v) is 6.90. The molecule has 0 aromatic heterocycles. The van der Waals surface area contributed by atoms with Crippen molar-refractivity contribution in [3.63, 3.8) is 0 Å². The van der Waals surface area contributed by atoms with Gasteiger partial charge in [0.15, 0.2) is 0 Å². The number of hydrogen-bond donors (Lipinski definition) is 1. The lowest BCUT2D eigenvalue weighted by Crippen LogP contribution is -2.54. The number of rotatable bonds is 6. The molecule has 0 saturated carbocycles. The van der Waals surface area contributed by atoms with Gasteiger partial charge in [0.1, 0.15) is 5.75 Å². The molecule has 27 heavy (non-hydrogen) atoms. The molecule has 0 radical (unpaired) electrons. The van der Waals surface area contributed by atoms with Crippen molar-refractivity contribution in [1.82, 2.24) is 15.1 Å². The standard InChI is InChI=1S/C20H30N4O3/c1-3-7-21-20(25)24-12-13-27-19(16-24)15-22-8-10-23(11-9-22)17-5-4-6-18(14-17)26-2/h3-6,14,19H,1,7-13,15-16H2,2H3,(H,21,25). The lowest BCUT2D eigenvalue weighted by molar-refractivity contribution is -0.0309. The average molecular weight is 374 g/mol. The van der Waals surface area contributed by atoms with Gasteiger partial charge in [-0.25, -0.2) is 4.79 Å². The van der Waals surface area contributed by atoms with Gasteiger partial charge in [-0.3, -0.25) is 4.90 Å². The van der Waals surface area contributed by atoms with Crippen molar-refractivity contribution in [2.24, 2.45) is 0 Å². The van der Waals surface area contributed by atoms with Gasteiger partial charge in [-0.1, -0.05) is 12.1 Å². The molecule has 2 fully saturated rings. The van der Waals surface area contributed by atoms with E-state index in [0.717, 1.165) is 38.5 Å². The van der Waals surface area contributed by atoms with Gasteiger partial charge < -0.3 is 24.6 Å². The number of nitrogens with zero attached hydrogens (tertiary/aromatic N) is 3. The lowest BCUT2D eigenvalue weighted by atomic mass is 10.2. The minimum absolute atomic E-state index is 0.0361. The monoisotopic (exact) mass is 374 g/mol. The summed E-state index contributed by atoms with van der Waals surface area (Å²) in [6.45, 7) is 10.8. The van der Waals surface area contributed by atoms with Gasteiger partial charge in [0.25, 0.3) is 0 Å². The summed E-state index contributed by atoms with van der Waals surface area (Å²) in [6.07, 6.45) is 1.76. The summed E-state index contributed by atoms with van der Waals surface area (Å²) in [7, 11) is 1.70. The second-order valence-electron chi connectivity index (χ2n) is 6.90. The maximum absolute atomic E-state index is 12.1. The van der Waals surface area contributed by atoms with Crippen LogP contribution in [0.15, 0.2) is 36.9 Å². The fraction of sp³-hybridized carbons (Fsp3) is 0.550. The highest BCUT2D eigenvalue weighted by molar-refractivity contribution is 5.74. The Labute approximate surface area is 161 Å². The Kier molecular flexibility index (Phi) is 6.95. The molecule has 2 heterocycles. The largest absolute Gasteiger partial charge is 0.497 e. The summed E-state index contributed by atoms with van der Waals surface area (Å²) < 4.78 is 11.2. The zero-order valence-corrected chi connectivity index (χ0v) is 16.1. The zero-order valence-electron chi connectivity index (χ0n) is 16.1. The van der Waals surface area contributed by atoms with E-state index < -0.39 is 0 Å². The third-order valence-electron chi connectivity index (χ3n) is 5.08. The fourth-order valence-corrected chi connectivity index (χ4v) is 3.57. The first kappa shape index (κ1) is 19.5. The summed E-state index contributed by atoms with van der Waals surface area (Å²) in [5.41, 5.74) is 1.20. The number of anilines is 1. The topological polar surface area (TPSA) is 57.3 Å². The molecule has 1 aromatic rings. The van der Waals surface area contributed by atoms with Gasteiger partial charge in [0.2, 0.25) is 0 Å². The summed E-state index contributed by atoms with van der Waals surface area (Å²) in [5, 5.41) is 2.84. The van der Waals surface area contributed by atoms with Crippen molar-refractivity contribution in [2.45, 2.75) is 6.10 Å². The van der Waals surface area contributed by atoms with Crippen LogP contribution in [0.1, 0.15) is 0 Å². The Morgan fingerprint density at radius 2 is 2.15 bits per heavy atom. The minimum atomic E-state index is -0.0361. The highest BCUT2D eigenvalue weighted by Gasteiger charge is 2.27. The molecule has 0 aliphatic carbocycles. The Balaban J connectivity index is 1.46. The number of urea groups is 1. The van der Waals surface area contributed by atoms with Gasteiger partial charge >= 0.3 is 6.03 Å². The van der Waals surface area contributed by atoms with Crippen molar-refractivity contribution >= 4 is 11.7 Å². The van der Waals surface area contributed by atoms with Crippen LogP contribution in [0.2, 0.25) is 0 Å². The van der Waals surface area contributed by atoms with Crippen LogP contribution in [-0.4, -0.2) is 88.0 Å². The van der Waals surface area contributed by atoms with Crippen LogP contribution in [0.25, 0.3) is 0 Å². The van der Waals surface area contributed by atoms with Crippen LogP contribution in [0.4, 0.5) is 10.5 Å². The van der Waals surface area contributed by atoms with E-state index in [2.05, 4.69) is 33.8 Å². The molecule has 2 aliphatic heterocycles. The van der Waals surface area contributed by atoms with Gasteiger partial charge in [0, 0.05) is 64.1 Å². The summed E-state index contributed by atoms with van der Waals surface area (Å²) >= 11 is 0. The van der Waals surface area contributed by atoms with Crippen molar-refractivity contribution < 1.29 is 14.3 Å². The molecule has 148 valence electrons. The first-order valence-corrected chi connectivity index (χ1v) is 9.56. The zero-order chi connectivity index (χ0) is 19.1. The maximum atomic E-state index is 12.1. The SMILES string of the molecule is C=CCNC(=O)N1CCOC(CN2CCN(c3cccc(OC)c3)CC2)C1. The first-order chi connectivity index (χ1) is 13.2. The maximum Gasteiger partial charge on any atom is 0.317 e. The number of carbonyl (C=O) groups excluding carboxylic acids is 1. The molecule has 2 saturated heterocycles. The number of nitrogens with one attached hydrogen (secondary N) is 1. The molecule has 1 unspecified atom stereocenters. The van der Waals surface area contributed by atoms with Crippen LogP contribution in [-0.2, 0) is 4.74 Å². The fourth-order valence-electron chi connectivity index (χ4n) is 3.57. The van der Waals surface area contributed by atoms with Crippen LogP contribution in [0.5, 0.6) is 5.75 Å². The quantitative estimate of drug-likeness (QED) is 0.763. The molecule has 2 amide bonds. The van der Waals surface area contributed by atoms with Gasteiger partial charge in [-0.05, 0) is 12.1 Å². The summed E-state index contributed by atoms with van der Waals surface area (Å²) in [6, 6.07) is 8.17. The molecule has 0 spiro atoms.